The molecule has 94 valence electrons. The summed E-state index contributed by atoms with van der Waals surface area (Å²) in [5.74, 6) is 0. The summed E-state index contributed by atoms with van der Waals surface area (Å²) in [5.41, 5.74) is 2.48. The van der Waals surface area contributed by atoms with E-state index in [9.17, 15) is 0 Å². The molecular formula is C15H15BrClN. The van der Waals surface area contributed by atoms with E-state index < -0.39 is 0 Å². The first-order valence-electron chi connectivity index (χ1n) is 5.88. The number of rotatable bonds is 4. The number of benzene rings is 2. The van der Waals surface area contributed by atoms with Gasteiger partial charge in [-0.15, -0.1) is 0 Å². The Balaban J connectivity index is 1.96. The van der Waals surface area contributed by atoms with Gasteiger partial charge in [-0.25, -0.2) is 0 Å². The van der Waals surface area contributed by atoms with Crippen molar-refractivity contribution in [1.29, 1.82) is 0 Å². The molecule has 0 saturated carbocycles. The average Bonchev–Trinajstić information content (AvgIpc) is 2.38. The maximum absolute atomic E-state index is 5.99. The van der Waals surface area contributed by atoms with E-state index in [0.29, 0.717) is 0 Å². The van der Waals surface area contributed by atoms with E-state index in [1.807, 2.05) is 18.2 Å². The first-order valence-corrected chi connectivity index (χ1v) is 7.05. The van der Waals surface area contributed by atoms with Crippen LogP contribution in [-0.2, 0) is 6.54 Å². The van der Waals surface area contributed by atoms with Gasteiger partial charge in [0.05, 0.1) is 0 Å². The number of hydrogen-bond donors (Lipinski definition) is 1. The van der Waals surface area contributed by atoms with Crippen LogP contribution in [0.15, 0.2) is 53.0 Å². The van der Waals surface area contributed by atoms with Crippen LogP contribution >= 0.6 is 27.5 Å². The molecular weight excluding hydrogens is 310 g/mol. The van der Waals surface area contributed by atoms with Gasteiger partial charge in [0.15, 0.2) is 0 Å². The molecule has 0 fully saturated rings. The molecule has 2 aromatic rings. The zero-order chi connectivity index (χ0) is 13.0. The highest BCUT2D eigenvalue weighted by Crippen LogP contribution is 2.18. The van der Waals surface area contributed by atoms with Crippen LogP contribution in [0.2, 0.25) is 5.02 Å². The van der Waals surface area contributed by atoms with Crippen LogP contribution in [0.1, 0.15) is 24.1 Å². The lowest BCUT2D eigenvalue weighted by atomic mass is 10.1. The van der Waals surface area contributed by atoms with Gasteiger partial charge in [0, 0.05) is 22.1 Å². The molecule has 0 spiro atoms. The topological polar surface area (TPSA) is 12.0 Å². The van der Waals surface area contributed by atoms with Crippen LogP contribution in [0.5, 0.6) is 0 Å². The Morgan fingerprint density at radius 3 is 2.56 bits per heavy atom. The van der Waals surface area contributed by atoms with Gasteiger partial charge in [-0.3, -0.25) is 0 Å². The second-order valence-corrected chi connectivity index (χ2v) is 5.64. The molecule has 0 saturated heterocycles. The highest BCUT2D eigenvalue weighted by molar-refractivity contribution is 9.10. The van der Waals surface area contributed by atoms with Crippen LogP contribution < -0.4 is 5.32 Å². The van der Waals surface area contributed by atoms with Crippen LogP contribution in [0.3, 0.4) is 0 Å². The summed E-state index contributed by atoms with van der Waals surface area (Å²) < 4.78 is 1.11. The van der Waals surface area contributed by atoms with Crippen molar-refractivity contribution in [2.75, 3.05) is 0 Å². The van der Waals surface area contributed by atoms with Gasteiger partial charge >= 0.3 is 0 Å². The molecule has 1 N–H and O–H groups in total. The fourth-order valence-electron chi connectivity index (χ4n) is 1.77. The Hall–Kier alpha value is -0.830. The Bertz CT molecular complexity index is 510. The Labute approximate surface area is 121 Å². The molecule has 1 nitrogen and oxygen atoms in total. The number of halogens is 2. The summed E-state index contributed by atoms with van der Waals surface area (Å²) in [7, 11) is 0. The zero-order valence-electron chi connectivity index (χ0n) is 10.2. The van der Waals surface area contributed by atoms with Crippen molar-refractivity contribution in [3.8, 4) is 0 Å². The Kier molecular flexibility index (Phi) is 4.81. The first-order chi connectivity index (χ1) is 8.65. The molecule has 0 bridgehead atoms. The van der Waals surface area contributed by atoms with Crippen molar-refractivity contribution in [3.05, 3.63) is 69.2 Å². The van der Waals surface area contributed by atoms with E-state index in [1.165, 1.54) is 11.1 Å². The maximum Gasteiger partial charge on any atom is 0.0409 e. The summed E-state index contributed by atoms with van der Waals surface area (Å²) in [6, 6.07) is 16.6. The molecule has 18 heavy (non-hydrogen) atoms. The maximum atomic E-state index is 5.99. The lowest BCUT2D eigenvalue weighted by Gasteiger charge is -2.14. The highest BCUT2D eigenvalue weighted by atomic mass is 79.9. The Morgan fingerprint density at radius 1 is 1.17 bits per heavy atom. The SMILES string of the molecule is CC(NCc1ccc(Br)cc1)c1cccc(Cl)c1. The molecule has 2 rings (SSSR count). The molecule has 0 aliphatic rings. The van der Waals surface area contributed by atoms with Crippen molar-refractivity contribution in [2.45, 2.75) is 19.5 Å². The fourth-order valence-corrected chi connectivity index (χ4v) is 2.23. The van der Waals surface area contributed by atoms with Gasteiger partial charge < -0.3 is 5.32 Å². The second-order valence-electron chi connectivity index (χ2n) is 4.28. The minimum absolute atomic E-state index is 0.285. The third kappa shape index (κ3) is 3.84. The van der Waals surface area contributed by atoms with E-state index in [1.54, 1.807) is 0 Å². The summed E-state index contributed by atoms with van der Waals surface area (Å²) in [5, 5.41) is 4.27. The smallest absolute Gasteiger partial charge is 0.0409 e. The summed E-state index contributed by atoms with van der Waals surface area (Å²) in [6.07, 6.45) is 0. The van der Waals surface area contributed by atoms with Crippen LogP contribution in [0.25, 0.3) is 0 Å². The van der Waals surface area contributed by atoms with Crippen molar-refractivity contribution in [1.82, 2.24) is 5.32 Å². The van der Waals surface area contributed by atoms with Crippen LogP contribution in [0.4, 0.5) is 0 Å². The third-order valence-electron chi connectivity index (χ3n) is 2.87. The van der Waals surface area contributed by atoms with Crippen molar-refractivity contribution in [3.63, 3.8) is 0 Å². The normalized spacial score (nSPS) is 12.4. The standard InChI is InChI=1S/C15H15BrClN/c1-11(13-3-2-4-15(17)9-13)18-10-12-5-7-14(16)8-6-12/h2-9,11,18H,10H2,1H3. The lowest BCUT2D eigenvalue weighted by Crippen LogP contribution is -2.17. The van der Waals surface area contributed by atoms with E-state index in [4.69, 9.17) is 11.6 Å². The van der Waals surface area contributed by atoms with Gasteiger partial charge in [-0.1, -0.05) is 51.8 Å². The van der Waals surface area contributed by atoms with Crippen molar-refractivity contribution >= 4 is 27.5 Å². The predicted octanol–water partition coefficient (Wildman–Crippen LogP) is 4.95. The first kappa shape index (κ1) is 13.6. The van der Waals surface area contributed by atoms with E-state index >= 15 is 0 Å². The Morgan fingerprint density at radius 2 is 1.89 bits per heavy atom. The van der Waals surface area contributed by atoms with Gasteiger partial charge in [-0.2, -0.15) is 0 Å². The summed E-state index contributed by atoms with van der Waals surface area (Å²) in [6.45, 7) is 2.99. The lowest BCUT2D eigenvalue weighted by molar-refractivity contribution is 0.575. The predicted molar refractivity (Wildman–Crippen MR) is 80.8 cm³/mol. The van der Waals surface area contributed by atoms with Gasteiger partial charge in [-0.05, 0) is 42.3 Å². The minimum atomic E-state index is 0.285. The third-order valence-corrected chi connectivity index (χ3v) is 3.64. The molecule has 0 heterocycles. The summed E-state index contributed by atoms with van der Waals surface area (Å²) >= 11 is 9.43. The molecule has 1 unspecified atom stereocenters. The van der Waals surface area contributed by atoms with Crippen LogP contribution in [-0.4, -0.2) is 0 Å². The van der Waals surface area contributed by atoms with Crippen molar-refractivity contribution in [2.24, 2.45) is 0 Å². The van der Waals surface area contributed by atoms with Gasteiger partial charge in [0.2, 0.25) is 0 Å². The van der Waals surface area contributed by atoms with Gasteiger partial charge in [0.1, 0.15) is 0 Å². The van der Waals surface area contributed by atoms with Crippen molar-refractivity contribution < 1.29 is 0 Å². The largest absolute Gasteiger partial charge is 0.306 e. The molecule has 0 aromatic heterocycles. The second kappa shape index (κ2) is 6.37. The molecule has 0 amide bonds. The molecule has 0 aliphatic heterocycles. The molecule has 0 aliphatic carbocycles. The molecule has 1 atom stereocenters. The zero-order valence-corrected chi connectivity index (χ0v) is 12.5. The van der Waals surface area contributed by atoms with Crippen LogP contribution in [0, 0.1) is 0 Å². The highest BCUT2D eigenvalue weighted by Gasteiger charge is 2.05. The van der Waals surface area contributed by atoms with E-state index in [2.05, 4.69) is 58.5 Å². The van der Waals surface area contributed by atoms with Gasteiger partial charge in [0.25, 0.3) is 0 Å². The van der Waals surface area contributed by atoms with E-state index in [-0.39, 0.29) is 6.04 Å². The number of hydrogen-bond acceptors (Lipinski definition) is 1. The van der Waals surface area contributed by atoms with E-state index in [0.717, 1.165) is 16.0 Å². The average molecular weight is 325 g/mol. The molecule has 2 aromatic carbocycles. The minimum Gasteiger partial charge on any atom is -0.306 e. The number of nitrogens with one attached hydrogen (secondary N) is 1. The quantitative estimate of drug-likeness (QED) is 0.838. The summed E-state index contributed by atoms with van der Waals surface area (Å²) in [4.78, 5) is 0. The fraction of sp³-hybridized carbons (Fsp3) is 0.200. The molecule has 3 heteroatoms. The monoisotopic (exact) mass is 323 g/mol. The molecule has 0 radical (unpaired) electrons.